The molecule has 3 unspecified atom stereocenters. The molecule has 0 aromatic carbocycles. The summed E-state index contributed by atoms with van der Waals surface area (Å²) in [7, 11) is 0. The van der Waals surface area contributed by atoms with Gasteiger partial charge in [-0.25, -0.2) is 0 Å². The summed E-state index contributed by atoms with van der Waals surface area (Å²) >= 11 is 0. The molecule has 3 atom stereocenters. The maximum Gasteiger partial charge on any atom is 0.220 e. The normalized spacial score (nSPS) is 13.7. The van der Waals surface area contributed by atoms with E-state index in [1.54, 1.807) is 0 Å². The summed E-state index contributed by atoms with van der Waals surface area (Å²) in [4.78, 5) is 12.5. The van der Waals surface area contributed by atoms with Crippen LogP contribution in [0.3, 0.4) is 0 Å². The average Bonchev–Trinajstić information content (AvgIpc) is 3.26. The topological polar surface area (TPSA) is 89.8 Å². The van der Waals surface area contributed by atoms with Crippen molar-refractivity contribution < 1.29 is 20.1 Å². The zero-order valence-electron chi connectivity index (χ0n) is 40.8. The van der Waals surface area contributed by atoms with Crippen molar-refractivity contribution in [3.8, 4) is 0 Å². The molecule has 0 aliphatic heterocycles. The van der Waals surface area contributed by atoms with Gasteiger partial charge in [0.2, 0.25) is 5.91 Å². The summed E-state index contributed by atoms with van der Waals surface area (Å²) in [5, 5.41) is 33.7. The van der Waals surface area contributed by atoms with Crippen LogP contribution in [0.15, 0.2) is 48.6 Å². The fourth-order valence-electron chi connectivity index (χ4n) is 8.21. The second kappa shape index (κ2) is 50.9. The van der Waals surface area contributed by atoms with Crippen molar-refractivity contribution in [3.05, 3.63) is 48.6 Å². The third-order valence-corrected chi connectivity index (χ3v) is 12.4. The molecule has 61 heavy (non-hydrogen) atoms. The molecule has 0 radical (unpaired) electrons. The molecule has 0 fully saturated rings. The van der Waals surface area contributed by atoms with Gasteiger partial charge in [0.15, 0.2) is 0 Å². The first-order chi connectivity index (χ1) is 30.1. The summed E-state index contributed by atoms with van der Waals surface area (Å²) in [5.41, 5.74) is 0. The van der Waals surface area contributed by atoms with Gasteiger partial charge in [0, 0.05) is 6.42 Å². The number of hydrogen-bond acceptors (Lipinski definition) is 4. The highest BCUT2D eigenvalue weighted by Crippen LogP contribution is 2.16. The Labute approximate surface area is 380 Å². The Hall–Kier alpha value is -1.69. The maximum absolute atomic E-state index is 12.5. The van der Waals surface area contributed by atoms with Crippen LogP contribution in [0, 0.1) is 0 Å². The number of amides is 1. The molecule has 5 heteroatoms. The van der Waals surface area contributed by atoms with Crippen LogP contribution < -0.4 is 5.32 Å². The molecule has 0 aromatic rings. The number of carbonyl (C=O) groups excluding carboxylic acids is 1. The molecule has 0 rings (SSSR count). The Kier molecular flexibility index (Phi) is 49.5. The van der Waals surface area contributed by atoms with Gasteiger partial charge in [-0.2, -0.15) is 0 Å². The number of aliphatic hydroxyl groups is 3. The lowest BCUT2D eigenvalue weighted by Crippen LogP contribution is -2.50. The standard InChI is InChI=1S/C56H105NO4/c1-3-5-7-9-11-13-15-17-19-21-23-25-26-27-28-29-30-31-33-35-37-39-41-43-45-47-49-51-55(60)57-53(52-58)56(61)54(59)50-48-46-44-42-40-38-36-34-32-24-22-20-18-16-14-12-10-8-6-4-2/h23,25,27-28,34,36,42,44,53-54,56,58-59,61H,3-22,24,26,29-33,35,37-41,43,45-52H2,1-2H3,(H,57,60)/b25-23-,28-27-,36-34+,44-42+. The Bertz CT molecular complexity index is 989. The molecule has 0 heterocycles. The summed E-state index contributed by atoms with van der Waals surface area (Å²) in [6.45, 7) is 4.18. The number of hydrogen-bond donors (Lipinski definition) is 4. The minimum atomic E-state index is -1.17. The van der Waals surface area contributed by atoms with Crippen LogP contribution in [0.4, 0.5) is 0 Å². The van der Waals surface area contributed by atoms with Gasteiger partial charge in [-0.15, -0.1) is 0 Å². The Balaban J connectivity index is 3.62. The number of allylic oxidation sites excluding steroid dienone is 8. The molecule has 1 amide bonds. The fourth-order valence-corrected chi connectivity index (χ4v) is 8.21. The summed E-state index contributed by atoms with van der Waals surface area (Å²) in [5.74, 6) is -0.159. The highest BCUT2D eigenvalue weighted by Gasteiger charge is 2.26. The first kappa shape index (κ1) is 59.3. The van der Waals surface area contributed by atoms with Crippen LogP contribution in [0.1, 0.15) is 277 Å². The third kappa shape index (κ3) is 46.1. The molecule has 5 nitrogen and oxygen atoms in total. The van der Waals surface area contributed by atoms with Crippen molar-refractivity contribution >= 4 is 5.91 Å². The van der Waals surface area contributed by atoms with Crippen molar-refractivity contribution in [2.24, 2.45) is 0 Å². The predicted molar refractivity (Wildman–Crippen MR) is 268 cm³/mol. The molecule has 0 saturated heterocycles. The zero-order chi connectivity index (χ0) is 44.4. The first-order valence-electron chi connectivity index (χ1n) is 26.9. The number of rotatable bonds is 49. The van der Waals surface area contributed by atoms with Crippen LogP contribution in [0.25, 0.3) is 0 Å². The molecule has 0 aliphatic carbocycles. The molecule has 0 aromatic heterocycles. The minimum Gasteiger partial charge on any atom is -0.394 e. The third-order valence-electron chi connectivity index (χ3n) is 12.4. The van der Waals surface area contributed by atoms with Crippen molar-refractivity contribution in [2.45, 2.75) is 295 Å². The van der Waals surface area contributed by atoms with Crippen LogP contribution in [0.2, 0.25) is 0 Å². The van der Waals surface area contributed by atoms with Gasteiger partial charge >= 0.3 is 0 Å². The Morgan fingerprint density at radius 1 is 0.410 bits per heavy atom. The summed E-state index contributed by atoms with van der Waals surface area (Å²) in [6.07, 6.45) is 66.8. The SMILES string of the molecule is CCCCCCCCCCC/C=C\C/C=C\CCCCCCCCCCCCCC(=O)NC(CO)C(O)C(O)CCC/C=C/CC/C=C/CCCCCCCCCCCCC. The van der Waals surface area contributed by atoms with Crippen LogP contribution in [-0.2, 0) is 4.79 Å². The van der Waals surface area contributed by atoms with Crippen molar-refractivity contribution in [1.29, 1.82) is 0 Å². The van der Waals surface area contributed by atoms with E-state index in [1.165, 1.54) is 199 Å². The average molecular weight is 856 g/mol. The molecule has 4 N–H and O–H groups in total. The Morgan fingerprint density at radius 3 is 1.10 bits per heavy atom. The molecule has 358 valence electrons. The summed E-state index contributed by atoms with van der Waals surface area (Å²) in [6, 6.07) is -0.835. The van der Waals surface area contributed by atoms with Gasteiger partial charge in [-0.1, -0.05) is 236 Å². The highest BCUT2D eigenvalue weighted by atomic mass is 16.3. The van der Waals surface area contributed by atoms with E-state index in [0.717, 1.165) is 51.4 Å². The van der Waals surface area contributed by atoms with E-state index in [-0.39, 0.29) is 12.5 Å². The lowest BCUT2D eigenvalue weighted by molar-refractivity contribution is -0.124. The largest absolute Gasteiger partial charge is 0.394 e. The van der Waals surface area contributed by atoms with Gasteiger partial charge in [0.1, 0.15) is 6.10 Å². The van der Waals surface area contributed by atoms with E-state index < -0.39 is 18.2 Å². The molecule has 0 bridgehead atoms. The second-order valence-corrected chi connectivity index (χ2v) is 18.4. The van der Waals surface area contributed by atoms with E-state index in [4.69, 9.17) is 0 Å². The predicted octanol–water partition coefficient (Wildman–Crippen LogP) is 16.4. The van der Waals surface area contributed by atoms with Gasteiger partial charge in [-0.05, 0) is 83.5 Å². The monoisotopic (exact) mass is 856 g/mol. The minimum absolute atomic E-state index is 0.159. The van der Waals surface area contributed by atoms with Gasteiger partial charge in [0.25, 0.3) is 0 Å². The van der Waals surface area contributed by atoms with Crippen molar-refractivity contribution in [2.75, 3.05) is 6.61 Å². The van der Waals surface area contributed by atoms with Gasteiger partial charge in [-0.3, -0.25) is 4.79 Å². The quantitative estimate of drug-likeness (QED) is 0.0362. The fraction of sp³-hybridized carbons (Fsp3) is 0.839. The van der Waals surface area contributed by atoms with Crippen LogP contribution >= 0.6 is 0 Å². The molecule has 0 saturated carbocycles. The van der Waals surface area contributed by atoms with Crippen LogP contribution in [-0.4, -0.2) is 46.1 Å². The Morgan fingerprint density at radius 2 is 0.721 bits per heavy atom. The number of nitrogens with one attached hydrogen (secondary N) is 1. The highest BCUT2D eigenvalue weighted by molar-refractivity contribution is 5.76. The van der Waals surface area contributed by atoms with E-state index >= 15 is 0 Å². The van der Waals surface area contributed by atoms with E-state index in [1.807, 2.05) is 0 Å². The van der Waals surface area contributed by atoms with E-state index in [9.17, 15) is 20.1 Å². The number of aliphatic hydroxyl groups excluding tert-OH is 3. The van der Waals surface area contributed by atoms with E-state index in [0.29, 0.717) is 12.8 Å². The number of carbonyl (C=O) groups is 1. The van der Waals surface area contributed by atoms with Crippen LogP contribution in [0.5, 0.6) is 0 Å². The smallest absolute Gasteiger partial charge is 0.220 e. The second-order valence-electron chi connectivity index (χ2n) is 18.4. The molecular weight excluding hydrogens is 751 g/mol. The van der Waals surface area contributed by atoms with Crippen molar-refractivity contribution in [3.63, 3.8) is 0 Å². The lowest BCUT2D eigenvalue weighted by atomic mass is 10.0. The molecular formula is C56H105NO4. The van der Waals surface area contributed by atoms with E-state index in [2.05, 4.69) is 67.8 Å². The molecule has 0 spiro atoms. The van der Waals surface area contributed by atoms with Gasteiger partial charge < -0.3 is 20.6 Å². The maximum atomic E-state index is 12.5. The first-order valence-corrected chi connectivity index (χ1v) is 26.9. The zero-order valence-corrected chi connectivity index (χ0v) is 40.8. The molecule has 0 aliphatic rings. The van der Waals surface area contributed by atoms with Crippen molar-refractivity contribution in [1.82, 2.24) is 5.32 Å². The lowest BCUT2D eigenvalue weighted by Gasteiger charge is -2.26. The number of unbranched alkanes of at least 4 members (excludes halogenated alkanes) is 33. The van der Waals surface area contributed by atoms with Gasteiger partial charge in [0.05, 0.1) is 18.8 Å². The summed E-state index contributed by atoms with van der Waals surface area (Å²) < 4.78 is 0.